The lowest BCUT2D eigenvalue weighted by molar-refractivity contribution is -0.142. The van der Waals surface area contributed by atoms with Crippen molar-refractivity contribution in [1.29, 1.82) is 0 Å². The van der Waals surface area contributed by atoms with Gasteiger partial charge < -0.3 is 4.74 Å². The lowest BCUT2D eigenvalue weighted by Gasteiger charge is -2.08. The molecule has 0 aliphatic carbocycles. The van der Waals surface area contributed by atoms with Gasteiger partial charge in [-0.15, -0.1) is 11.6 Å². The molecule has 1 aromatic rings. The number of aromatic nitrogens is 1. The molecule has 0 amide bonds. The average molecular weight is 264 g/mol. The fourth-order valence-corrected chi connectivity index (χ4v) is 1.56. The minimum atomic E-state index is -2.62. The zero-order valence-corrected chi connectivity index (χ0v) is 10.0. The fraction of sp³-hybridized carbons (Fsp3) is 0.455. The van der Waals surface area contributed by atoms with E-state index in [1.165, 1.54) is 6.07 Å². The molecule has 0 atom stereocenters. The summed E-state index contributed by atoms with van der Waals surface area (Å²) < 4.78 is 29.7. The third kappa shape index (κ3) is 3.93. The maximum atomic E-state index is 12.5. The molecule has 17 heavy (non-hydrogen) atoms. The monoisotopic (exact) mass is 263 g/mol. The molecule has 1 aromatic heterocycles. The molecule has 0 aliphatic rings. The van der Waals surface area contributed by atoms with E-state index in [1.54, 1.807) is 6.92 Å². The first kappa shape index (κ1) is 13.8. The number of carbonyl (C=O) groups excluding carboxylic acids is 1. The summed E-state index contributed by atoms with van der Waals surface area (Å²) >= 11 is 5.62. The molecule has 0 unspecified atom stereocenters. The largest absolute Gasteiger partial charge is 0.466 e. The molecule has 3 nitrogen and oxygen atoms in total. The predicted octanol–water partition coefficient (Wildman–Crippen LogP) is 2.86. The molecule has 0 spiro atoms. The van der Waals surface area contributed by atoms with Gasteiger partial charge in [-0.2, -0.15) is 0 Å². The van der Waals surface area contributed by atoms with Gasteiger partial charge in [-0.3, -0.25) is 9.78 Å². The molecular weight excluding hydrogens is 252 g/mol. The lowest BCUT2D eigenvalue weighted by atomic mass is 10.1. The summed E-state index contributed by atoms with van der Waals surface area (Å²) in [6.07, 6.45) is -1.65. The van der Waals surface area contributed by atoms with E-state index in [0.717, 1.165) is 6.20 Å². The number of ether oxygens (including phenoxy) is 1. The molecule has 0 aliphatic heterocycles. The van der Waals surface area contributed by atoms with Crippen LogP contribution in [-0.4, -0.2) is 17.6 Å². The Hall–Kier alpha value is -1.23. The molecule has 0 fully saturated rings. The van der Waals surface area contributed by atoms with E-state index in [1.807, 2.05) is 0 Å². The minimum absolute atomic E-state index is 0.0677. The zero-order valence-electron chi connectivity index (χ0n) is 9.25. The molecule has 0 saturated carbocycles. The van der Waals surface area contributed by atoms with Gasteiger partial charge in [0.25, 0.3) is 6.43 Å². The Morgan fingerprint density at radius 1 is 1.59 bits per heavy atom. The van der Waals surface area contributed by atoms with Crippen molar-refractivity contribution >= 4 is 17.6 Å². The lowest BCUT2D eigenvalue weighted by Crippen LogP contribution is -2.10. The summed E-state index contributed by atoms with van der Waals surface area (Å²) in [7, 11) is 0. The van der Waals surface area contributed by atoms with Crippen LogP contribution in [0.3, 0.4) is 0 Å². The summed E-state index contributed by atoms with van der Waals surface area (Å²) in [5.74, 6) is -0.412. The fourth-order valence-electron chi connectivity index (χ4n) is 1.32. The van der Waals surface area contributed by atoms with E-state index >= 15 is 0 Å². The Bertz CT molecular complexity index is 399. The van der Waals surface area contributed by atoms with E-state index in [9.17, 15) is 13.6 Å². The normalized spacial score (nSPS) is 10.6. The number of alkyl halides is 3. The molecule has 0 bridgehead atoms. The number of halogens is 3. The average Bonchev–Trinajstić information content (AvgIpc) is 2.29. The minimum Gasteiger partial charge on any atom is -0.466 e. The summed E-state index contributed by atoms with van der Waals surface area (Å²) in [4.78, 5) is 15.1. The van der Waals surface area contributed by atoms with Gasteiger partial charge >= 0.3 is 5.97 Å². The van der Waals surface area contributed by atoms with Crippen LogP contribution >= 0.6 is 11.6 Å². The maximum Gasteiger partial charge on any atom is 0.310 e. The molecule has 6 heteroatoms. The highest BCUT2D eigenvalue weighted by Gasteiger charge is 2.14. The number of hydrogen-bond donors (Lipinski definition) is 0. The highest BCUT2D eigenvalue weighted by molar-refractivity contribution is 6.17. The van der Waals surface area contributed by atoms with Gasteiger partial charge in [0.2, 0.25) is 0 Å². The third-order valence-corrected chi connectivity index (χ3v) is 2.35. The highest BCUT2D eigenvalue weighted by Crippen LogP contribution is 2.21. The van der Waals surface area contributed by atoms with Gasteiger partial charge in [-0.05, 0) is 18.6 Å². The highest BCUT2D eigenvalue weighted by atomic mass is 35.5. The van der Waals surface area contributed by atoms with Gasteiger partial charge in [0.05, 0.1) is 24.6 Å². The van der Waals surface area contributed by atoms with Crippen molar-refractivity contribution in [2.45, 2.75) is 25.7 Å². The Kier molecular flexibility index (Phi) is 5.28. The Morgan fingerprint density at radius 2 is 2.29 bits per heavy atom. The Labute approximate surface area is 103 Å². The molecule has 1 rings (SSSR count). The molecule has 0 N–H and O–H groups in total. The first-order chi connectivity index (χ1) is 8.08. The summed E-state index contributed by atoms with van der Waals surface area (Å²) in [6, 6.07) is 1.24. The second-order valence-corrected chi connectivity index (χ2v) is 3.56. The van der Waals surface area contributed by atoms with Crippen molar-refractivity contribution in [3.05, 3.63) is 29.1 Å². The van der Waals surface area contributed by atoms with E-state index in [4.69, 9.17) is 16.3 Å². The summed E-state index contributed by atoms with van der Waals surface area (Å²) in [5.41, 5.74) is 0.582. The first-order valence-electron chi connectivity index (χ1n) is 5.05. The van der Waals surface area contributed by atoms with Crippen LogP contribution in [0.4, 0.5) is 8.78 Å². The van der Waals surface area contributed by atoms with Gasteiger partial charge in [-0.25, -0.2) is 8.78 Å². The van der Waals surface area contributed by atoms with Crippen LogP contribution in [0.25, 0.3) is 0 Å². The second kappa shape index (κ2) is 6.49. The number of rotatable bonds is 5. The summed E-state index contributed by atoms with van der Waals surface area (Å²) in [5, 5.41) is 0. The van der Waals surface area contributed by atoms with Crippen molar-refractivity contribution < 1.29 is 18.3 Å². The standard InChI is InChI=1S/C11H12ClF2NO2/c1-2-17-10(16)4-7-3-8(11(13)14)6-15-9(7)5-12/h3,6,11H,2,4-5H2,1H3. The Balaban J connectivity index is 2.93. The summed E-state index contributed by atoms with van der Waals surface area (Å²) in [6.45, 7) is 1.92. The van der Waals surface area contributed by atoms with Crippen molar-refractivity contribution in [3.8, 4) is 0 Å². The third-order valence-electron chi connectivity index (χ3n) is 2.10. The van der Waals surface area contributed by atoms with Crippen LogP contribution < -0.4 is 0 Å². The molecule has 94 valence electrons. The smallest absolute Gasteiger partial charge is 0.310 e. The number of carbonyl (C=O) groups is 1. The van der Waals surface area contributed by atoms with Crippen LogP contribution in [0.2, 0.25) is 0 Å². The molecular formula is C11H12ClF2NO2. The van der Waals surface area contributed by atoms with Crippen LogP contribution in [0.1, 0.15) is 30.2 Å². The molecule has 0 aromatic carbocycles. The molecule has 0 saturated heterocycles. The maximum absolute atomic E-state index is 12.5. The molecule has 0 radical (unpaired) electrons. The van der Waals surface area contributed by atoms with Gasteiger partial charge in [0.15, 0.2) is 0 Å². The quantitative estimate of drug-likeness (QED) is 0.606. The van der Waals surface area contributed by atoms with E-state index in [0.29, 0.717) is 11.3 Å². The van der Waals surface area contributed by atoms with Crippen LogP contribution in [-0.2, 0) is 21.8 Å². The van der Waals surface area contributed by atoms with Gasteiger partial charge in [-0.1, -0.05) is 0 Å². The van der Waals surface area contributed by atoms with Crippen molar-refractivity contribution in [1.82, 2.24) is 4.98 Å². The van der Waals surface area contributed by atoms with Crippen molar-refractivity contribution in [3.63, 3.8) is 0 Å². The van der Waals surface area contributed by atoms with Crippen LogP contribution in [0.15, 0.2) is 12.3 Å². The van der Waals surface area contributed by atoms with Crippen LogP contribution in [0.5, 0.6) is 0 Å². The van der Waals surface area contributed by atoms with E-state index in [-0.39, 0.29) is 24.5 Å². The first-order valence-corrected chi connectivity index (χ1v) is 5.59. The topological polar surface area (TPSA) is 39.2 Å². The molecule has 1 heterocycles. The number of hydrogen-bond acceptors (Lipinski definition) is 3. The number of pyridine rings is 1. The van der Waals surface area contributed by atoms with Gasteiger partial charge in [0, 0.05) is 11.8 Å². The van der Waals surface area contributed by atoms with E-state index < -0.39 is 12.4 Å². The van der Waals surface area contributed by atoms with Crippen molar-refractivity contribution in [2.24, 2.45) is 0 Å². The Morgan fingerprint density at radius 3 is 2.82 bits per heavy atom. The van der Waals surface area contributed by atoms with Gasteiger partial charge in [0.1, 0.15) is 0 Å². The second-order valence-electron chi connectivity index (χ2n) is 3.29. The predicted molar refractivity (Wildman–Crippen MR) is 59.1 cm³/mol. The van der Waals surface area contributed by atoms with Crippen molar-refractivity contribution in [2.75, 3.05) is 6.61 Å². The number of esters is 1. The van der Waals surface area contributed by atoms with E-state index in [2.05, 4.69) is 4.98 Å². The number of nitrogens with zero attached hydrogens (tertiary/aromatic N) is 1. The SMILES string of the molecule is CCOC(=O)Cc1cc(C(F)F)cnc1CCl. The zero-order chi connectivity index (χ0) is 12.8. The van der Waals surface area contributed by atoms with Crippen LogP contribution in [0, 0.1) is 0 Å².